The van der Waals surface area contributed by atoms with Crippen molar-refractivity contribution in [3.05, 3.63) is 28.8 Å². The Bertz CT molecular complexity index is 546. The number of benzene rings is 1. The number of nitrogens with one attached hydrogen (secondary N) is 1. The van der Waals surface area contributed by atoms with Gasteiger partial charge < -0.3 is 14.8 Å². The normalized spacial score (nSPS) is 18.1. The molecule has 1 N–H and O–H groups in total. The number of hydrogen-bond acceptors (Lipinski definition) is 4. The van der Waals surface area contributed by atoms with Gasteiger partial charge >= 0.3 is 5.97 Å². The van der Waals surface area contributed by atoms with Gasteiger partial charge in [0, 0.05) is 11.6 Å². The molecule has 0 aromatic heterocycles. The first-order valence-electron chi connectivity index (χ1n) is 6.90. The lowest BCUT2D eigenvalue weighted by molar-refractivity contribution is -0.160. The van der Waals surface area contributed by atoms with Crippen molar-refractivity contribution in [3.63, 3.8) is 0 Å². The summed E-state index contributed by atoms with van der Waals surface area (Å²) in [6.45, 7) is 4.11. The van der Waals surface area contributed by atoms with Gasteiger partial charge in [-0.2, -0.15) is 0 Å². The highest BCUT2D eigenvalue weighted by atomic mass is 35.5. The lowest BCUT2D eigenvalue weighted by Gasteiger charge is -2.25. The van der Waals surface area contributed by atoms with E-state index < -0.39 is 18.0 Å². The topological polar surface area (TPSA) is 64.6 Å². The molecular formula is C15H18ClNO4. The first-order valence-corrected chi connectivity index (χ1v) is 7.28. The van der Waals surface area contributed by atoms with E-state index in [1.54, 1.807) is 25.1 Å². The van der Waals surface area contributed by atoms with Crippen LogP contribution in [0.5, 0.6) is 5.75 Å². The number of halogens is 1. The van der Waals surface area contributed by atoms with Crippen LogP contribution in [-0.4, -0.2) is 31.1 Å². The zero-order valence-corrected chi connectivity index (χ0v) is 12.8. The zero-order valence-electron chi connectivity index (χ0n) is 12.0. The molecule has 1 aliphatic rings. The molecule has 2 rings (SSSR count). The largest absolute Gasteiger partial charge is 0.492 e. The first-order chi connectivity index (χ1) is 10.0. The van der Waals surface area contributed by atoms with Crippen molar-refractivity contribution >= 4 is 23.5 Å². The summed E-state index contributed by atoms with van der Waals surface area (Å²) < 4.78 is 10.7. The number of carbonyl (C=O) groups is 2. The molecule has 1 aromatic carbocycles. The van der Waals surface area contributed by atoms with Crippen LogP contribution < -0.4 is 10.1 Å². The minimum atomic E-state index is -0.807. The highest BCUT2D eigenvalue weighted by Gasteiger charge is 2.29. The van der Waals surface area contributed by atoms with Gasteiger partial charge in [0.15, 0.2) is 6.10 Å². The Morgan fingerprint density at radius 1 is 1.52 bits per heavy atom. The molecule has 0 radical (unpaired) electrons. The summed E-state index contributed by atoms with van der Waals surface area (Å²) in [7, 11) is 0. The number of rotatable bonds is 4. The SMILES string of the molecule is CCNC(=O)[C@@H](C)OC(=O)[C@H]1COc2ccc(Cl)cc2C1. The van der Waals surface area contributed by atoms with Crippen molar-refractivity contribution in [2.75, 3.05) is 13.2 Å². The maximum atomic E-state index is 12.1. The third-order valence-corrected chi connectivity index (χ3v) is 3.51. The highest BCUT2D eigenvalue weighted by molar-refractivity contribution is 6.30. The van der Waals surface area contributed by atoms with Gasteiger partial charge in [0.2, 0.25) is 0 Å². The van der Waals surface area contributed by atoms with E-state index in [0.717, 1.165) is 11.3 Å². The smallest absolute Gasteiger partial charge is 0.313 e. The van der Waals surface area contributed by atoms with E-state index in [9.17, 15) is 9.59 Å². The second kappa shape index (κ2) is 6.80. The molecule has 1 amide bonds. The quantitative estimate of drug-likeness (QED) is 0.863. The van der Waals surface area contributed by atoms with Crippen LogP contribution >= 0.6 is 11.6 Å². The molecular weight excluding hydrogens is 294 g/mol. The summed E-state index contributed by atoms with van der Waals surface area (Å²) in [6.07, 6.45) is -0.310. The van der Waals surface area contributed by atoms with Crippen LogP contribution in [0.15, 0.2) is 18.2 Å². The fraction of sp³-hybridized carbons (Fsp3) is 0.467. The van der Waals surface area contributed by atoms with Crippen molar-refractivity contribution in [1.29, 1.82) is 0 Å². The van der Waals surface area contributed by atoms with Gasteiger partial charge in [-0.3, -0.25) is 9.59 Å². The fourth-order valence-corrected chi connectivity index (χ4v) is 2.35. The summed E-state index contributed by atoms with van der Waals surface area (Å²) >= 11 is 5.94. The van der Waals surface area contributed by atoms with Crippen LogP contribution in [0.25, 0.3) is 0 Å². The predicted octanol–water partition coefficient (Wildman–Crippen LogP) is 1.96. The molecule has 5 nitrogen and oxygen atoms in total. The molecule has 0 saturated carbocycles. The van der Waals surface area contributed by atoms with Gasteiger partial charge in [0.05, 0.1) is 5.92 Å². The molecule has 1 aliphatic heterocycles. The van der Waals surface area contributed by atoms with Gasteiger partial charge in [0.1, 0.15) is 12.4 Å². The minimum Gasteiger partial charge on any atom is -0.492 e. The Morgan fingerprint density at radius 3 is 3.00 bits per heavy atom. The predicted molar refractivity (Wildman–Crippen MR) is 78.4 cm³/mol. The first kappa shape index (κ1) is 15.6. The molecule has 1 heterocycles. The highest BCUT2D eigenvalue weighted by Crippen LogP contribution is 2.30. The number of hydrogen-bond donors (Lipinski definition) is 1. The Kier molecular flexibility index (Phi) is 5.07. The lowest BCUT2D eigenvalue weighted by Crippen LogP contribution is -2.38. The van der Waals surface area contributed by atoms with Crippen molar-refractivity contribution in [3.8, 4) is 5.75 Å². The van der Waals surface area contributed by atoms with Gasteiger partial charge in [-0.1, -0.05) is 11.6 Å². The summed E-state index contributed by atoms with van der Waals surface area (Å²) in [5, 5.41) is 3.21. The number of ether oxygens (including phenoxy) is 2. The molecule has 6 heteroatoms. The molecule has 0 spiro atoms. The van der Waals surface area contributed by atoms with E-state index in [2.05, 4.69) is 5.32 Å². The molecule has 0 unspecified atom stereocenters. The maximum absolute atomic E-state index is 12.1. The van der Waals surface area contributed by atoms with Gasteiger partial charge in [0.25, 0.3) is 5.91 Å². The Balaban J connectivity index is 1.97. The number of amides is 1. The van der Waals surface area contributed by atoms with Crippen LogP contribution in [0.1, 0.15) is 19.4 Å². The molecule has 114 valence electrons. The average Bonchev–Trinajstić information content (AvgIpc) is 2.46. The molecule has 0 saturated heterocycles. The number of likely N-dealkylation sites (N-methyl/N-ethyl adjacent to an activating group) is 1. The van der Waals surface area contributed by atoms with Crippen LogP contribution in [-0.2, 0) is 20.7 Å². The third kappa shape index (κ3) is 3.88. The number of carbonyl (C=O) groups excluding carboxylic acids is 2. The van der Waals surface area contributed by atoms with E-state index in [-0.39, 0.29) is 12.5 Å². The second-order valence-corrected chi connectivity index (χ2v) is 5.37. The zero-order chi connectivity index (χ0) is 15.4. The van der Waals surface area contributed by atoms with E-state index in [1.165, 1.54) is 0 Å². The van der Waals surface area contributed by atoms with E-state index in [0.29, 0.717) is 18.0 Å². The lowest BCUT2D eigenvalue weighted by atomic mass is 9.97. The summed E-state index contributed by atoms with van der Waals surface area (Å²) in [4.78, 5) is 23.7. The van der Waals surface area contributed by atoms with Crippen LogP contribution in [0.4, 0.5) is 0 Å². The van der Waals surface area contributed by atoms with Gasteiger partial charge in [-0.05, 0) is 44.0 Å². The van der Waals surface area contributed by atoms with Gasteiger partial charge in [-0.15, -0.1) is 0 Å². The van der Waals surface area contributed by atoms with Gasteiger partial charge in [-0.25, -0.2) is 0 Å². The third-order valence-electron chi connectivity index (χ3n) is 3.28. The molecule has 21 heavy (non-hydrogen) atoms. The van der Waals surface area contributed by atoms with Crippen molar-refractivity contribution in [1.82, 2.24) is 5.32 Å². The van der Waals surface area contributed by atoms with E-state index >= 15 is 0 Å². The Labute approximate surface area is 128 Å². The summed E-state index contributed by atoms with van der Waals surface area (Å²) in [5.41, 5.74) is 0.876. The molecule has 2 atom stereocenters. The van der Waals surface area contributed by atoms with Crippen molar-refractivity contribution in [2.24, 2.45) is 5.92 Å². The Morgan fingerprint density at radius 2 is 2.29 bits per heavy atom. The number of fused-ring (bicyclic) bond motifs is 1. The summed E-state index contributed by atoms with van der Waals surface area (Å²) in [6, 6.07) is 5.32. The van der Waals surface area contributed by atoms with Crippen LogP contribution in [0.2, 0.25) is 5.02 Å². The average molecular weight is 312 g/mol. The molecule has 0 bridgehead atoms. The van der Waals surface area contributed by atoms with E-state index in [4.69, 9.17) is 21.1 Å². The standard InChI is InChI=1S/C15H18ClNO4/c1-3-17-14(18)9(2)21-15(19)11-6-10-7-12(16)4-5-13(10)20-8-11/h4-5,7,9,11H,3,6,8H2,1-2H3,(H,17,18)/t9-,11-/m1/s1. The maximum Gasteiger partial charge on any atom is 0.313 e. The fourth-order valence-electron chi connectivity index (χ4n) is 2.16. The van der Waals surface area contributed by atoms with Crippen molar-refractivity contribution < 1.29 is 19.1 Å². The minimum absolute atomic E-state index is 0.246. The monoisotopic (exact) mass is 311 g/mol. The van der Waals surface area contributed by atoms with Crippen LogP contribution in [0, 0.1) is 5.92 Å². The van der Waals surface area contributed by atoms with Crippen LogP contribution in [0.3, 0.4) is 0 Å². The number of esters is 1. The molecule has 0 fully saturated rings. The van der Waals surface area contributed by atoms with E-state index in [1.807, 2.05) is 6.92 Å². The van der Waals surface area contributed by atoms with Crippen molar-refractivity contribution in [2.45, 2.75) is 26.4 Å². The molecule has 0 aliphatic carbocycles. The Hall–Kier alpha value is -1.75. The second-order valence-electron chi connectivity index (χ2n) is 4.94. The molecule has 1 aromatic rings. The summed E-state index contributed by atoms with van der Waals surface area (Å²) in [5.74, 6) is -0.418.